The van der Waals surface area contributed by atoms with Crippen molar-refractivity contribution in [2.75, 3.05) is 20.2 Å². The first-order valence-corrected chi connectivity index (χ1v) is 4.18. The first-order chi connectivity index (χ1) is 6.24. The van der Waals surface area contributed by atoms with E-state index < -0.39 is 5.60 Å². The van der Waals surface area contributed by atoms with E-state index in [1.165, 1.54) is 0 Å². The lowest BCUT2D eigenvalue weighted by molar-refractivity contribution is -0.0149. The fourth-order valence-corrected chi connectivity index (χ4v) is 1.38. The molecule has 0 unspecified atom stereocenters. The van der Waals surface area contributed by atoms with E-state index in [9.17, 15) is 5.11 Å². The molecular formula is C9H12N2O2. The summed E-state index contributed by atoms with van der Waals surface area (Å²) < 4.78 is 4.98. The Labute approximate surface area is 76.6 Å². The second-order valence-electron chi connectivity index (χ2n) is 3.22. The molecule has 4 heteroatoms. The maximum absolute atomic E-state index is 9.96. The third-order valence-electron chi connectivity index (χ3n) is 2.32. The summed E-state index contributed by atoms with van der Waals surface area (Å²) >= 11 is 0. The predicted molar refractivity (Wildman–Crippen MR) is 47.6 cm³/mol. The Kier molecular flexibility index (Phi) is 1.94. The van der Waals surface area contributed by atoms with E-state index in [0.29, 0.717) is 19.0 Å². The zero-order valence-electron chi connectivity index (χ0n) is 7.45. The standard InChI is InChI=1S/C9H12N2O2/c1-13-8-4-7(2-3-11-8)9(12)5-10-6-9/h2-4,10,12H,5-6H2,1H3. The van der Waals surface area contributed by atoms with Gasteiger partial charge in [-0.05, 0) is 11.6 Å². The molecule has 0 saturated carbocycles. The van der Waals surface area contributed by atoms with Gasteiger partial charge in [0.15, 0.2) is 0 Å². The molecule has 0 radical (unpaired) electrons. The van der Waals surface area contributed by atoms with Crippen LogP contribution < -0.4 is 10.1 Å². The van der Waals surface area contributed by atoms with Gasteiger partial charge in [0.1, 0.15) is 5.60 Å². The molecule has 1 aliphatic heterocycles. The predicted octanol–water partition coefficient (Wildman–Crippen LogP) is -0.119. The molecule has 0 amide bonds. The van der Waals surface area contributed by atoms with Gasteiger partial charge in [0.05, 0.1) is 7.11 Å². The fourth-order valence-electron chi connectivity index (χ4n) is 1.38. The van der Waals surface area contributed by atoms with Crippen molar-refractivity contribution in [2.45, 2.75) is 5.60 Å². The van der Waals surface area contributed by atoms with Crippen molar-refractivity contribution in [2.24, 2.45) is 0 Å². The van der Waals surface area contributed by atoms with Crippen LogP contribution in [0.1, 0.15) is 5.56 Å². The second-order valence-corrected chi connectivity index (χ2v) is 3.22. The van der Waals surface area contributed by atoms with E-state index in [1.54, 1.807) is 19.4 Å². The van der Waals surface area contributed by atoms with Crippen molar-refractivity contribution in [3.05, 3.63) is 23.9 Å². The summed E-state index contributed by atoms with van der Waals surface area (Å²) in [6.45, 7) is 1.19. The SMILES string of the molecule is COc1cc(C2(O)CNC2)ccn1. The van der Waals surface area contributed by atoms with Crippen molar-refractivity contribution in [3.8, 4) is 5.88 Å². The van der Waals surface area contributed by atoms with E-state index in [4.69, 9.17) is 4.74 Å². The van der Waals surface area contributed by atoms with Gasteiger partial charge in [0, 0.05) is 25.4 Å². The normalized spacial score (nSPS) is 19.2. The van der Waals surface area contributed by atoms with Crippen LogP contribution in [0.25, 0.3) is 0 Å². The summed E-state index contributed by atoms with van der Waals surface area (Å²) in [5.41, 5.74) is 0.133. The molecule has 70 valence electrons. The largest absolute Gasteiger partial charge is 0.481 e. The molecule has 0 spiro atoms. The Hall–Kier alpha value is -1.13. The summed E-state index contributed by atoms with van der Waals surface area (Å²) in [6, 6.07) is 3.57. The molecule has 4 nitrogen and oxygen atoms in total. The van der Waals surface area contributed by atoms with Crippen LogP contribution in [0.3, 0.4) is 0 Å². The number of nitrogens with one attached hydrogen (secondary N) is 1. The van der Waals surface area contributed by atoms with Crippen LogP contribution in [0, 0.1) is 0 Å². The van der Waals surface area contributed by atoms with Crippen LogP contribution in [0.4, 0.5) is 0 Å². The third kappa shape index (κ3) is 1.38. The molecule has 1 fully saturated rings. The van der Waals surface area contributed by atoms with Gasteiger partial charge < -0.3 is 15.2 Å². The van der Waals surface area contributed by atoms with Crippen molar-refractivity contribution in [3.63, 3.8) is 0 Å². The van der Waals surface area contributed by atoms with Crippen LogP contribution in [-0.4, -0.2) is 30.3 Å². The topological polar surface area (TPSA) is 54.4 Å². The van der Waals surface area contributed by atoms with Crippen molar-refractivity contribution in [1.82, 2.24) is 10.3 Å². The van der Waals surface area contributed by atoms with E-state index in [2.05, 4.69) is 10.3 Å². The summed E-state index contributed by atoms with van der Waals surface area (Å²) in [5.74, 6) is 0.540. The van der Waals surface area contributed by atoms with Crippen molar-refractivity contribution in [1.29, 1.82) is 0 Å². The van der Waals surface area contributed by atoms with Crippen molar-refractivity contribution < 1.29 is 9.84 Å². The maximum atomic E-state index is 9.96. The van der Waals surface area contributed by atoms with Gasteiger partial charge in [-0.15, -0.1) is 0 Å². The number of rotatable bonds is 2. The van der Waals surface area contributed by atoms with Crippen LogP contribution in [0.15, 0.2) is 18.3 Å². The van der Waals surface area contributed by atoms with Crippen LogP contribution in [0.2, 0.25) is 0 Å². The molecule has 0 atom stereocenters. The van der Waals surface area contributed by atoms with E-state index in [-0.39, 0.29) is 0 Å². The quantitative estimate of drug-likeness (QED) is 0.666. The highest BCUT2D eigenvalue weighted by Crippen LogP contribution is 2.26. The van der Waals surface area contributed by atoms with Crippen LogP contribution in [0.5, 0.6) is 5.88 Å². The lowest BCUT2D eigenvalue weighted by Crippen LogP contribution is -2.56. The molecule has 1 aromatic heterocycles. The first kappa shape index (κ1) is 8.47. The van der Waals surface area contributed by atoms with Crippen LogP contribution >= 0.6 is 0 Å². The van der Waals surface area contributed by atoms with E-state index >= 15 is 0 Å². The summed E-state index contributed by atoms with van der Waals surface area (Å²) in [7, 11) is 1.56. The number of ether oxygens (including phenoxy) is 1. The highest BCUT2D eigenvalue weighted by atomic mass is 16.5. The first-order valence-electron chi connectivity index (χ1n) is 4.18. The number of pyridine rings is 1. The van der Waals surface area contributed by atoms with Crippen molar-refractivity contribution >= 4 is 0 Å². The summed E-state index contributed by atoms with van der Waals surface area (Å²) in [6.07, 6.45) is 1.64. The lowest BCUT2D eigenvalue weighted by atomic mass is 9.89. The fraction of sp³-hybridized carbons (Fsp3) is 0.444. The van der Waals surface area contributed by atoms with Gasteiger partial charge in [0.2, 0.25) is 5.88 Å². The molecule has 0 aliphatic carbocycles. The minimum atomic E-state index is -0.726. The Balaban J connectivity index is 2.29. The van der Waals surface area contributed by atoms with Crippen LogP contribution in [-0.2, 0) is 5.60 Å². The Morgan fingerprint density at radius 1 is 1.62 bits per heavy atom. The number of nitrogens with zero attached hydrogens (tertiary/aromatic N) is 1. The molecule has 2 heterocycles. The molecule has 13 heavy (non-hydrogen) atoms. The van der Waals surface area contributed by atoms with E-state index in [0.717, 1.165) is 5.56 Å². The second kappa shape index (κ2) is 2.97. The number of aliphatic hydroxyl groups is 1. The molecule has 1 saturated heterocycles. The minimum Gasteiger partial charge on any atom is -0.481 e. The molecule has 0 bridgehead atoms. The number of aromatic nitrogens is 1. The van der Waals surface area contributed by atoms with Gasteiger partial charge >= 0.3 is 0 Å². The molecule has 1 aliphatic rings. The smallest absolute Gasteiger partial charge is 0.213 e. The Morgan fingerprint density at radius 2 is 2.38 bits per heavy atom. The Morgan fingerprint density at radius 3 is 2.92 bits per heavy atom. The van der Waals surface area contributed by atoms with E-state index in [1.807, 2.05) is 6.07 Å². The monoisotopic (exact) mass is 180 g/mol. The highest BCUT2D eigenvalue weighted by molar-refractivity contribution is 5.29. The summed E-state index contributed by atoms with van der Waals surface area (Å²) in [4.78, 5) is 3.98. The Bertz CT molecular complexity index is 310. The van der Waals surface area contributed by atoms with Gasteiger partial charge in [0.25, 0.3) is 0 Å². The molecule has 1 aromatic rings. The summed E-state index contributed by atoms with van der Waals surface area (Å²) in [5, 5.41) is 13.0. The molecular weight excluding hydrogens is 168 g/mol. The van der Waals surface area contributed by atoms with Gasteiger partial charge in [-0.2, -0.15) is 0 Å². The molecule has 0 aromatic carbocycles. The maximum Gasteiger partial charge on any atom is 0.213 e. The zero-order valence-corrected chi connectivity index (χ0v) is 7.45. The van der Waals surface area contributed by atoms with Gasteiger partial charge in [-0.25, -0.2) is 4.98 Å². The average Bonchev–Trinajstić information content (AvgIpc) is 2.14. The zero-order chi connectivity index (χ0) is 9.31. The lowest BCUT2D eigenvalue weighted by Gasteiger charge is -2.37. The number of hydrogen-bond acceptors (Lipinski definition) is 4. The van der Waals surface area contributed by atoms with Gasteiger partial charge in [-0.1, -0.05) is 0 Å². The molecule has 2 N–H and O–H groups in total. The average molecular weight is 180 g/mol. The number of methoxy groups -OCH3 is 1. The number of hydrogen-bond donors (Lipinski definition) is 2. The van der Waals surface area contributed by atoms with Gasteiger partial charge in [-0.3, -0.25) is 0 Å². The third-order valence-corrected chi connectivity index (χ3v) is 2.32. The molecule has 2 rings (SSSR count). The minimum absolute atomic E-state index is 0.540. The highest BCUT2D eigenvalue weighted by Gasteiger charge is 2.36. The number of β-amino-alcohol motifs (C(OH)–C–C–N with tert-alkyl or cyclic N) is 1.